The minimum Gasteiger partial charge on any atom is -0.484 e. The summed E-state index contributed by atoms with van der Waals surface area (Å²) in [6, 6.07) is 7.95. The summed E-state index contributed by atoms with van der Waals surface area (Å²) in [5, 5.41) is 0. The molecule has 2 N–H and O–H groups in total. The van der Waals surface area contributed by atoms with E-state index >= 15 is 0 Å². The molecule has 1 aromatic rings. The normalized spacial score (nSPS) is 19.9. The Hall–Kier alpha value is -1.28. The van der Waals surface area contributed by atoms with Gasteiger partial charge in [0, 0.05) is 12.1 Å². The highest BCUT2D eigenvalue weighted by Gasteiger charge is 2.11. The topological polar surface area (TPSA) is 35.2 Å². The van der Waals surface area contributed by atoms with Crippen LogP contribution in [0.5, 0.6) is 5.75 Å². The fourth-order valence-electron chi connectivity index (χ4n) is 1.27. The number of nitrogens with two attached hydrogens (primary N) is 1. The maximum Gasteiger partial charge on any atom is 0.129 e. The summed E-state index contributed by atoms with van der Waals surface area (Å²) >= 11 is 0. The molecular formula is C10H11NO. The lowest BCUT2D eigenvalue weighted by Gasteiger charge is -2.19. The minimum atomic E-state index is 0.0416. The molecule has 1 heterocycles. The lowest BCUT2D eigenvalue weighted by atomic mass is 10.1. The summed E-state index contributed by atoms with van der Waals surface area (Å²) in [4.78, 5) is 0. The van der Waals surface area contributed by atoms with Crippen molar-refractivity contribution in [1.82, 2.24) is 0 Å². The molecule has 1 aliphatic heterocycles. The van der Waals surface area contributed by atoms with Crippen LogP contribution in [-0.2, 0) is 0 Å². The van der Waals surface area contributed by atoms with E-state index in [0.717, 1.165) is 11.3 Å². The Balaban J connectivity index is 2.33. The monoisotopic (exact) mass is 161 g/mol. The standard InChI is InChI=1S/C10H11NO/c11-7-9-6-5-8-3-1-2-4-10(8)12-9/h1-6,9H,7,11H2/t9-/m1/s1. The average molecular weight is 161 g/mol. The molecule has 0 amide bonds. The molecule has 2 heteroatoms. The largest absolute Gasteiger partial charge is 0.484 e. The molecule has 12 heavy (non-hydrogen) atoms. The van der Waals surface area contributed by atoms with Crippen LogP contribution in [0, 0.1) is 0 Å². The molecule has 2 nitrogen and oxygen atoms in total. The van der Waals surface area contributed by atoms with Crippen molar-refractivity contribution in [3.05, 3.63) is 35.9 Å². The number of fused-ring (bicyclic) bond motifs is 1. The van der Waals surface area contributed by atoms with E-state index in [9.17, 15) is 0 Å². The Morgan fingerprint density at radius 3 is 3.00 bits per heavy atom. The van der Waals surface area contributed by atoms with Gasteiger partial charge in [-0.15, -0.1) is 0 Å². The highest BCUT2D eigenvalue weighted by Crippen LogP contribution is 2.24. The van der Waals surface area contributed by atoms with Crippen molar-refractivity contribution in [2.45, 2.75) is 6.10 Å². The van der Waals surface area contributed by atoms with E-state index in [1.807, 2.05) is 30.3 Å². The zero-order chi connectivity index (χ0) is 8.39. The SMILES string of the molecule is NC[C@H]1C=Cc2ccccc2O1. The van der Waals surface area contributed by atoms with Crippen molar-refractivity contribution in [3.8, 4) is 5.75 Å². The van der Waals surface area contributed by atoms with Crippen molar-refractivity contribution in [1.29, 1.82) is 0 Å². The van der Waals surface area contributed by atoms with Gasteiger partial charge in [-0.05, 0) is 12.1 Å². The van der Waals surface area contributed by atoms with Gasteiger partial charge >= 0.3 is 0 Å². The fourth-order valence-corrected chi connectivity index (χ4v) is 1.27. The van der Waals surface area contributed by atoms with E-state index < -0.39 is 0 Å². The van der Waals surface area contributed by atoms with Crippen LogP contribution < -0.4 is 10.5 Å². The first-order chi connectivity index (χ1) is 5.90. The predicted molar refractivity (Wildman–Crippen MR) is 48.9 cm³/mol. The van der Waals surface area contributed by atoms with Crippen molar-refractivity contribution >= 4 is 6.08 Å². The summed E-state index contributed by atoms with van der Waals surface area (Å²) in [5.74, 6) is 0.926. The van der Waals surface area contributed by atoms with E-state index in [0.29, 0.717) is 6.54 Å². The number of hydrogen-bond acceptors (Lipinski definition) is 2. The summed E-state index contributed by atoms with van der Waals surface area (Å²) < 4.78 is 5.57. The third-order valence-electron chi connectivity index (χ3n) is 1.92. The quantitative estimate of drug-likeness (QED) is 0.676. The van der Waals surface area contributed by atoms with Crippen molar-refractivity contribution in [2.24, 2.45) is 5.73 Å². The van der Waals surface area contributed by atoms with E-state index in [1.165, 1.54) is 0 Å². The minimum absolute atomic E-state index is 0.0416. The number of para-hydroxylation sites is 1. The second-order valence-electron chi connectivity index (χ2n) is 2.79. The van der Waals surface area contributed by atoms with Gasteiger partial charge in [-0.25, -0.2) is 0 Å². The molecule has 0 unspecified atom stereocenters. The maximum absolute atomic E-state index is 5.57. The number of ether oxygens (including phenoxy) is 1. The molecule has 0 radical (unpaired) electrons. The van der Waals surface area contributed by atoms with Crippen LogP contribution in [-0.4, -0.2) is 12.6 Å². The molecule has 2 rings (SSSR count). The lowest BCUT2D eigenvalue weighted by Crippen LogP contribution is -2.26. The smallest absolute Gasteiger partial charge is 0.129 e. The molecule has 1 aliphatic rings. The number of benzene rings is 1. The molecule has 0 saturated heterocycles. The first kappa shape index (κ1) is 7.37. The van der Waals surface area contributed by atoms with Gasteiger partial charge in [0.25, 0.3) is 0 Å². The van der Waals surface area contributed by atoms with Crippen LogP contribution in [0.3, 0.4) is 0 Å². The summed E-state index contributed by atoms with van der Waals surface area (Å²) in [7, 11) is 0. The van der Waals surface area contributed by atoms with Gasteiger partial charge < -0.3 is 10.5 Å². The molecule has 0 saturated carbocycles. The van der Waals surface area contributed by atoms with Gasteiger partial charge in [-0.3, -0.25) is 0 Å². The summed E-state index contributed by atoms with van der Waals surface area (Å²) in [6.07, 6.45) is 4.08. The van der Waals surface area contributed by atoms with Crippen LogP contribution >= 0.6 is 0 Å². The molecule has 0 aliphatic carbocycles. The van der Waals surface area contributed by atoms with E-state index in [-0.39, 0.29) is 6.10 Å². The molecule has 62 valence electrons. The lowest BCUT2D eigenvalue weighted by molar-refractivity contribution is 0.254. The summed E-state index contributed by atoms with van der Waals surface area (Å²) in [5.41, 5.74) is 6.61. The second-order valence-corrected chi connectivity index (χ2v) is 2.79. The van der Waals surface area contributed by atoms with Crippen LogP contribution in [0.25, 0.3) is 6.08 Å². The van der Waals surface area contributed by atoms with Gasteiger partial charge in [-0.1, -0.05) is 24.3 Å². The van der Waals surface area contributed by atoms with Crippen LogP contribution in [0.4, 0.5) is 0 Å². The van der Waals surface area contributed by atoms with Crippen LogP contribution in [0.2, 0.25) is 0 Å². The zero-order valence-electron chi connectivity index (χ0n) is 6.73. The second kappa shape index (κ2) is 2.99. The molecule has 1 atom stereocenters. The maximum atomic E-state index is 5.57. The first-order valence-electron chi connectivity index (χ1n) is 4.04. The Morgan fingerprint density at radius 2 is 2.17 bits per heavy atom. The Bertz CT molecular complexity index is 306. The Morgan fingerprint density at radius 1 is 1.33 bits per heavy atom. The van der Waals surface area contributed by atoms with E-state index in [4.69, 9.17) is 10.5 Å². The van der Waals surface area contributed by atoms with Gasteiger partial charge in [-0.2, -0.15) is 0 Å². The number of rotatable bonds is 1. The fraction of sp³-hybridized carbons (Fsp3) is 0.200. The Kier molecular flexibility index (Phi) is 1.84. The van der Waals surface area contributed by atoms with Crippen molar-refractivity contribution < 1.29 is 4.74 Å². The predicted octanol–water partition coefficient (Wildman–Crippen LogP) is 1.42. The first-order valence-corrected chi connectivity index (χ1v) is 4.04. The summed E-state index contributed by atoms with van der Waals surface area (Å²) in [6.45, 7) is 0.533. The third kappa shape index (κ3) is 1.21. The van der Waals surface area contributed by atoms with Gasteiger partial charge in [0.2, 0.25) is 0 Å². The van der Waals surface area contributed by atoms with Crippen LogP contribution in [0.15, 0.2) is 30.3 Å². The van der Waals surface area contributed by atoms with Gasteiger partial charge in [0.05, 0.1) is 0 Å². The van der Waals surface area contributed by atoms with Crippen LogP contribution in [0.1, 0.15) is 5.56 Å². The average Bonchev–Trinajstić information content (AvgIpc) is 2.17. The molecule has 0 fully saturated rings. The molecule has 1 aromatic carbocycles. The van der Waals surface area contributed by atoms with E-state index in [1.54, 1.807) is 0 Å². The third-order valence-corrected chi connectivity index (χ3v) is 1.92. The number of hydrogen-bond donors (Lipinski definition) is 1. The zero-order valence-corrected chi connectivity index (χ0v) is 6.73. The van der Waals surface area contributed by atoms with Gasteiger partial charge in [0.1, 0.15) is 11.9 Å². The van der Waals surface area contributed by atoms with E-state index in [2.05, 4.69) is 6.08 Å². The Labute approximate surface area is 71.6 Å². The highest BCUT2D eigenvalue weighted by atomic mass is 16.5. The molecular weight excluding hydrogens is 150 g/mol. The molecule has 0 bridgehead atoms. The molecule has 0 spiro atoms. The highest BCUT2D eigenvalue weighted by molar-refractivity contribution is 5.59. The van der Waals surface area contributed by atoms with Crippen molar-refractivity contribution in [3.63, 3.8) is 0 Å². The van der Waals surface area contributed by atoms with Gasteiger partial charge in [0.15, 0.2) is 0 Å². The molecule has 0 aromatic heterocycles. The van der Waals surface area contributed by atoms with Crippen molar-refractivity contribution in [2.75, 3.05) is 6.54 Å².